The van der Waals surface area contributed by atoms with Gasteiger partial charge >= 0.3 is 0 Å². The molecule has 0 unspecified atom stereocenters. The van der Waals surface area contributed by atoms with E-state index in [1.54, 1.807) is 34.4 Å². The summed E-state index contributed by atoms with van der Waals surface area (Å²) >= 11 is 0. The fourth-order valence-corrected chi connectivity index (χ4v) is 8.99. The third-order valence-electron chi connectivity index (χ3n) is 10.6. The Balaban J connectivity index is 0.000000244. The summed E-state index contributed by atoms with van der Waals surface area (Å²) in [7, 11) is -4.02. The summed E-state index contributed by atoms with van der Waals surface area (Å²) in [4.78, 5) is -0.0666. The number of rotatable bonds is 4. The van der Waals surface area contributed by atoms with Crippen LogP contribution in [0, 0.1) is 6.92 Å². The fraction of sp³-hybridized carbons (Fsp3) is 0.526. The first-order valence-electron chi connectivity index (χ1n) is 16.7. The van der Waals surface area contributed by atoms with Crippen LogP contribution in [0.4, 0.5) is 0 Å². The normalized spacial score (nSPS) is 20.0. The van der Waals surface area contributed by atoms with Crippen molar-refractivity contribution in [3.8, 4) is 11.1 Å². The third-order valence-corrected chi connectivity index (χ3v) is 11.5. The maximum Gasteiger partial charge on any atom is 0.294 e. The molecule has 224 valence electrons. The molecule has 0 aliphatic heterocycles. The van der Waals surface area contributed by atoms with Crippen LogP contribution in [0.2, 0.25) is 0 Å². The molecule has 4 heteroatoms. The van der Waals surface area contributed by atoms with Gasteiger partial charge in [0, 0.05) is 0 Å². The van der Waals surface area contributed by atoms with Crippen LogP contribution in [0.5, 0.6) is 0 Å². The van der Waals surface area contributed by atoms with E-state index >= 15 is 0 Å². The van der Waals surface area contributed by atoms with Crippen LogP contribution >= 0.6 is 0 Å². The highest BCUT2D eigenvalue weighted by molar-refractivity contribution is 7.85. The first-order valence-corrected chi connectivity index (χ1v) is 18.2. The van der Waals surface area contributed by atoms with Gasteiger partial charge in [-0.15, -0.1) is 0 Å². The lowest BCUT2D eigenvalue weighted by Crippen LogP contribution is -2.19. The lowest BCUT2D eigenvalue weighted by Gasteiger charge is -2.36. The highest BCUT2D eigenvalue weighted by Gasteiger charge is 2.34. The molecule has 3 fully saturated rings. The van der Waals surface area contributed by atoms with Crippen molar-refractivity contribution in [3.05, 3.63) is 88.0 Å². The van der Waals surface area contributed by atoms with Gasteiger partial charge in [0.25, 0.3) is 10.1 Å². The molecule has 0 radical (unpaired) electrons. The number of hydrogen-bond donors (Lipinski definition) is 1. The molecule has 1 N–H and O–H groups in total. The molecule has 42 heavy (non-hydrogen) atoms. The molecular weight excluding hydrogens is 536 g/mol. The molecule has 3 nitrogen and oxygen atoms in total. The summed E-state index contributed by atoms with van der Waals surface area (Å²) in [6.45, 7) is 1.84. The van der Waals surface area contributed by atoms with E-state index in [2.05, 4.69) is 30.3 Å². The second kappa shape index (κ2) is 13.1. The number of aryl methyl sites for hydroxylation is 1. The van der Waals surface area contributed by atoms with Crippen LogP contribution in [0.15, 0.2) is 59.5 Å². The van der Waals surface area contributed by atoms with E-state index in [0.717, 1.165) is 23.3 Å². The maximum absolute atomic E-state index is 10.5. The van der Waals surface area contributed by atoms with E-state index in [9.17, 15) is 8.42 Å². The number of hydrogen-bond acceptors (Lipinski definition) is 2. The van der Waals surface area contributed by atoms with Crippen molar-refractivity contribution in [2.75, 3.05) is 0 Å². The summed E-state index contributed by atoms with van der Waals surface area (Å²) in [5.41, 5.74) is 13.1. The quantitative estimate of drug-likeness (QED) is 0.243. The van der Waals surface area contributed by atoms with E-state index in [4.69, 9.17) is 4.55 Å². The second-order valence-electron chi connectivity index (χ2n) is 13.4. The number of benzene rings is 3. The third kappa shape index (κ3) is 6.40. The zero-order valence-corrected chi connectivity index (χ0v) is 26.2. The van der Waals surface area contributed by atoms with Gasteiger partial charge in [0.05, 0.1) is 4.90 Å². The van der Waals surface area contributed by atoms with E-state index in [0.29, 0.717) is 0 Å². The van der Waals surface area contributed by atoms with Crippen molar-refractivity contribution in [1.29, 1.82) is 0 Å². The van der Waals surface area contributed by atoms with Gasteiger partial charge in [-0.05, 0) is 121 Å². The van der Waals surface area contributed by atoms with E-state index in [1.165, 1.54) is 115 Å². The van der Waals surface area contributed by atoms with Gasteiger partial charge in [0.15, 0.2) is 0 Å². The Morgan fingerprint density at radius 1 is 0.619 bits per heavy atom. The molecule has 7 rings (SSSR count). The summed E-state index contributed by atoms with van der Waals surface area (Å²) in [5, 5.41) is 0. The number of fused-ring (bicyclic) bond motifs is 3. The van der Waals surface area contributed by atoms with Crippen LogP contribution < -0.4 is 0 Å². The predicted octanol–water partition coefficient (Wildman–Crippen LogP) is 10.6. The zero-order chi connectivity index (χ0) is 29.1. The molecule has 4 aliphatic carbocycles. The lowest BCUT2D eigenvalue weighted by molar-refractivity contribution is 0.403. The molecule has 0 heterocycles. The average molecular weight is 585 g/mol. The molecule has 3 aromatic rings. The van der Waals surface area contributed by atoms with Crippen molar-refractivity contribution < 1.29 is 13.0 Å². The van der Waals surface area contributed by atoms with Crippen molar-refractivity contribution in [2.24, 2.45) is 0 Å². The van der Waals surface area contributed by atoms with Crippen LogP contribution in [0.25, 0.3) is 11.1 Å². The predicted molar refractivity (Wildman–Crippen MR) is 173 cm³/mol. The Labute approximate surface area is 253 Å². The summed E-state index contributed by atoms with van der Waals surface area (Å²) in [5.74, 6) is 2.50. The first-order chi connectivity index (χ1) is 20.4. The Hall–Kier alpha value is -2.43. The monoisotopic (exact) mass is 584 g/mol. The minimum atomic E-state index is -4.02. The van der Waals surface area contributed by atoms with Gasteiger partial charge < -0.3 is 0 Å². The van der Waals surface area contributed by atoms with Crippen LogP contribution in [-0.2, 0) is 16.5 Å². The Kier molecular flexibility index (Phi) is 9.21. The van der Waals surface area contributed by atoms with E-state index < -0.39 is 10.1 Å². The molecule has 0 spiro atoms. The van der Waals surface area contributed by atoms with Gasteiger partial charge in [-0.3, -0.25) is 4.55 Å². The highest BCUT2D eigenvalue weighted by atomic mass is 32.2. The van der Waals surface area contributed by atoms with Crippen molar-refractivity contribution in [1.82, 2.24) is 0 Å². The van der Waals surface area contributed by atoms with Crippen LogP contribution in [0.3, 0.4) is 0 Å². The standard InChI is InChI=1S/C31H40.C7H8O3S/c1-4-12-22(13-5-1)27-21-28-26-19-11-10-18-25(26)20-29(28)31(24-16-8-3-9-17-24)30(27)23-14-6-2-7-15-23;1-6-2-4-7(5-3-6)11(8,9)10/h10-11,18-19,21-24H,1-9,12-17,20H2;2-5H,1H3,(H,8,9,10). The van der Waals surface area contributed by atoms with Crippen LogP contribution in [-0.4, -0.2) is 13.0 Å². The van der Waals surface area contributed by atoms with Crippen molar-refractivity contribution in [3.63, 3.8) is 0 Å². The van der Waals surface area contributed by atoms with Gasteiger partial charge in [-0.2, -0.15) is 8.42 Å². The molecule has 0 bridgehead atoms. The van der Waals surface area contributed by atoms with Gasteiger partial charge in [-0.1, -0.05) is 106 Å². The van der Waals surface area contributed by atoms with Gasteiger partial charge in [0.2, 0.25) is 0 Å². The topological polar surface area (TPSA) is 54.4 Å². The first kappa shape index (κ1) is 29.6. The molecule has 3 aromatic carbocycles. The average Bonchev–Trinajstić information content (AvgIpc) is 3.40. The largest absolute Gasteiger partial charge is 0.294 e. The minimum Gasteiger partial charge on any atom is -0.282 e. The molecule has 3 saturated carbocycles. The summed E-state index contributed by atoms with van der Waals surface area (Å²) < 4.78 is 29.6. The van der Waals surface area contributed by atoms with E-state index in [1.807, 2.05) is 23.6 Å². The van der Waals surface area contributed by atoms with Gasteiger partial charge in [-0.25, -0.2) is 0 Å². The van der Waals surface area contributed by atoms with E-state index in [-0.39, 0.29) is 4.90 Å². The summed E-state index contributed by atoms with van der Waals surface area (Å²) in [6.07, 6.45) is 22.9. The van der Waals surface area contributed by atoms with Crippen molar-refractivity contribution >= 4 is 10.1 Å². The SMILES string of the molecule is Cc1ccc(S(=O)(=O)O)cc1.c1ccc2c(c1)Cc1c-2cc(C2CCCCC2)c(C2CCCCC2)c1C1CCCCC1. The Morgan fingerprint density at radius 2 is 1.14 bits per heavy atom. The molecule has 0 atom stereocenters. The summed E-state index contributed by atoms with van der Waals surface area (Å²) in [6, 6.07) is 18.1. The van der Waals surface area contributed by atoms with Crippen molar-refractivity contribution in [2.45, 2.75) is 132 Å². The van der Waals surface area contributed by atoms with Crippen LogP contribution in [0.1, 0.15) is 147 Å². The Bertz CT molecular complexity index is 1470. The molecule has 0 saturated heterocycles. The molecule has 4 aliphatic rings. The smallest absolute Gasteiger partial charge is 0.282 e. The molecule has 0 amide bonds. The zero-order valence-electron chi connectivity index (χ0n) is 25.4. The highest BCUT2D eigenvalue weighted by Crippen LogP contribution is 2.52. The lowest BCUT2D eigenvalue weighted by atomic mass is 9.69. The molecule has 0 aromatic heterocycles. The second-order valence-corrected chi connectivity index (χ2v) is 14.9. The van der Waals surface area contributed by atoms with Gasteiger partial charge in [0.1, 0.15) is 0 Å². The fourth-order valence-electron chi connectivity index (χ4n) is 8.51. The maximum atomic E-state index is 10.5. The Morgan fingerprint density at radius 3 is 1.71 bits per heavy atom. The molecular formula is C38H48O3S. The minimum absolute atomic E-state index is 0.0666.